The van der Waals surface area contributed by atoms with Crippen LogP contribution in [0.2, 0.25) is 0 Å². The molecule has 0 saturated heterocycles. The molecule has 3 aromatic carbocycles. The Labute approximate surface area is 127 Å². The molecule has 3 aromatic rings. The van der Waals surface area contributed by atoms with Crippen LogP contribution in [0, 0.1) is 5.82 Å². The van der Waals surface area contributed by atoms with Crippen LogP contribution >= 0.6 is 0 Å². The third kappa shape index (κ3) is 2.76. The third-order valence-corrected chi connectivity index (χ3v) is 3.45. The first-order valence-corrected chi connectivity index (χ1v) is 6.84. The highest BCUT2D eigenvalue weighted by Crippen LogP contribution is 2.28. The van der Waals surface area contributed by atoms with Gasteiger partial charge in [0.1, 0.15) is 18.2 Å². The summed E-state index contributed by atoms with van der Waals surface area (Å²) in [7, 11) is 0. The van der Waals surface area contributed by atoms with Crippen molar-refractivity contribution in [1.29, 1.82) is 0 Å². The highest BCUT2D eigenvalue weighted by Gasteiger charge is 2.10. The molecule has 0 unspecified atom stereocenters. The molecular formula is C18H14FNO2. The van der Waals surface area contributed by atoms with Crippen molar-refractivity contribution in [3.05, 3.63) is 77.6 Å². The molecule has 3 rings (SSSR count). The molecule has 0 atom stereocenters. The van der Waals surface area contributed by atoms with Crippen LogP contribution < -0.4 is 10.5 Å². The van der Waals surface area contributed by atoms with Gasteiger partial charge in [-0.1, -0.05) is 42.5 Å². The molecule has 0 aromatic heterocycles. The van der Waals surface area contributed by atoms with Gasteiger partial charge in [0.25, 0.3) is 0 Å². The number of nitrogens with two attached hydrogens (primary N) is 1. The van der Waals surface area contributed by atoms with Crippen molar-refractivity contribution < 1.29 is 13.9 Å². The first kappa shape index (κ1) is 14.1. The van der Waals surface area contributed by atoms with E-state index in [0.29, 0.717) is 16.9 Å². The molecular weight excluding hydrogens is 281 g/mol. The SMILES string of the molecule is NC(=O)c1cc(OCc2ccccc2F)c2ccccc2c1. The zero-order valence-electron chi connectivity index (χ0n) is 11.8. The number of halogens is 1. The van der Waals surface area contributed by atoms with Gasteiger partial charge in [-0.3, -0.25) is 4.79 Å². The number of amides is 1. The number of primary amides is 1. The predicted molar refractivity (Wildman–Crippen MR) is 83.2 cm³/mol. The van der Waals surface area contributed by atoms with Gasteiger partial charge in [0.15, 0.2) is 0 Å². The fraction of sp³-hybridized carbons (Fsp3) is 0.0556. The van der Waals surface area contributed by atoms with E-state index in [2.05, 4.69) is 0 Å². The van der Waals surface area contributed by atoms with Gasteiger partial charge >= 0.3 is 0 Å². The molecule has 0 heterocycles. The Kier molecular flexibility index (Phi) is 3.74. The second-order valence-electron chi connectivity index (χ2n) is 4.94. The zero-order chi connectivity index (χ0) is 15.5. The van der Waals surface area contributed by atoms with Crippen LogP contribution in [-0.4, -0.2) is 5.91 Å². The van der Waals surface area contributed by atoms with E-state index in [1.54, 1.807) is 30.3 Å². The summed E-state index contributed by atoms with van der Waals surface area (Å²) in [6.45, 7) is 0.0822. The number of carbonyl (C=O) groups is 1. The highest BCUT2D eigenvalue weighted by molar-refractivity contribution is 6.00. The van der Waals surface area contributed by atoms with Gasteiger partial charge in [0, 0.05) is 16.5 Å². The molecule has 4 heteroatoms. The lowest BCUT2D eigenvalue weighted by Crippen LogP contribution is -2.11. The second-order valence-corrected chi connectivity index (χ2v) is 4.94. The summed E-state index contributed by atoms with van der Waals surface area (Å²) in [4.78, 5) is 11.4. The van der Waals surface area contributed by atoms with Crippen LogP contribution in [-0.2, 0) is 6.61 Å². The Bertz CT molecular complexity index is 845. The minimum absolute atomic E-state index is 0.0822. The van der Waals surface area contributed by atoms with Crippen molar-refractivity contribution in [3.63, 3.8) is 0 Å². The Morgan fingerprint density at radius 2 is 1.77 bits per heavy atom. The minimum atomic E-state index is -0.526. The van der Waals surface area contributed by atoms with E-state index in [9.17, 15) is 9.18 Å². The minimum Gasteiger partial charge on any atom is -0.488 e. The predicted octanol–water partition coefficient (Wildman–Crippen LogP) is 3.66. The van der Waals surface area contributed by atoms with Crippen molar-refractivity contribution in [2.75, 3.05) is 0 Å². The van der Waals surface area contributed by atoms with Gasteiger partial charge in [0.05, 0.1) is 0 Å². The van der Waals surface area contributed by atoms with Crippen molar-refractivity contribution in [2.45, 2.75) is 6.61 Å². The van der Waals surface area contributed by atoms with Crippen molar-refractivity contribution in [1.82, 2.24) is 0 Å². The molecule has 3 nitrogen and oxygen atoms in total. The summed E-state index contributed by atoms with van der Waals surface area (Å²) in [6.07, 6.45) is 0. The molecule has 0 aliphatic rings. The third-order valence-electron chi connectivity index (χ3n) is 3.45. The van der Waals surface area contributed by atoms with Crippen molar-refractivity contribution >= 4 is 16.7 Å². The maximum absolute atomic E-state index is 13.7. The van der Waals surface area contributed by atoms with Crippen molar-refractivity contribution in [2.24, 2.45) is 5.73 Å². The second kappa shape index (κ2) is 5.85. The first-order chi connectivity index (χ1) is 10.6. The standard InChI is InChI=1S/C18H14FNO2/c19-16-8-4-2-6-13(16)11-22-17-10-14(18(20)21)9-12-5-1-3-7-15(12)17/h1-10H,11H2,(H2,20,21). The molecule has 110 valence electrons. The van der Waals surface area contributed by atoms with Gasteiger partial charge in [-0.15, -0.1) is 0 Å². The van der Waals surface area contributed by atoms with E-state index < -0.39 is 5.91 Å². The molecule has 0 bridgehead atoms. The molecule has 0 aliphatic carbocycles. The Morgan fingerprint density at radius 3 is 2.55 bits per heavy atom. The normalized spacial score (nSPS) is 10.6. The number of fused-ring (bicyclic) bond motifs is 1. The van der Waals surface area contributed by atoms with Crippen molar-refractivity contribution in [3.8, 4) is 5.75 Å². The fourth-order valence-electron chi connectivity index (χ4n) is 2.31. The van der Waals surface area contributed by atoms with Crippen LogP contribution in [0.4, 0.5) is 4.39 Å². The quantitative estimate of drug-likeness (QED) is 0.798. The molecule has 0 saturated carbocycles. The average molecular weight is 295 g/mol. The lowest BCUT2D eigenvalue weighted by molar-refractivity contribution is 0.1000. The van der Waals surface area contributed by atoms with Crippen LogP contribution in [0.3, 0.4) is 0 Å². The summed E-state index contributed by atoms with van der Waals surface area (Å²) in [5, 5.41) is 1.70. The molecule has 1 amide bonds. The van der Waals surface area contributed by atoms with E-state index in [1.807, 2.05) is 24.3 Å². The molecule has 0 spiro atoms. The lowest BCUT2D eigenvalue weighted by Gasteiger charge is -2.11. The summed E-state index contributed by atoms with van der Waals surface area (Å²) in [5.41, 5.74) is 6.17. The van der Waals surface area contributed by atoms with Crippen LogP contribution in [0.5, 0.6) is 5.75 Å². The number of carbonyl (C=O) groups excluding carboxylic acids is 1. The van der Waals surface area contributed by atoms with Crippen LogP contribution in [0.15, 0.2) is 60.7 Å². The smallest absolute Gasteiger partial charge is 0.248 e. The monoisotopic (exact) mass is 295 g/mol. The van der Waals surface area contributed by atoms with Gasteiger partial charge in [-0.25, -0.2) is 4.39 Å². The molecule has 0 fully saturated rings. The summed E-state index contributed by atoms with van der Waals surface area (Å²) in [6, 6.07) is 17.2. The number of benzene rings is 3. The topological polar surface area (TPSA) is 52.3 Å². The number of rotatable bonds is 4. The van der Waals surface area contributed by atoms with Gasteiger partial charge in [-0.2, -0.15) is 0 Å². The maximum Gasteiger partial charge on any atom is 0.248 e. The summed E-state index contributed by atoms with van der Waals surface area (Å²) < 4.78 is 19.4. The van der Waals surface area contributed by atoms with E-state index >= 15 is 0 Å². The number of ether oxygens (including phenoxy) is 1. The van der Waals surface area contributed by atoms with Crippen LogP contribution in [0.25, 0.3) is 10.8 Å². The van der Waals surface area contributed by atoms with E-state index in [0.717, 1.165) is 10.8 Å². The highest BCUT2D eigenvalue weighted by atomic mass is 19.1. The van der Waals surface area contributed by atoms with Crippen LogP contribution in [0.1, 0.15) is 15.9 Å². The number of hydrogen-bond acceptors (Lipinski definition) is 2. The fourth-order valence-corrected chi connectivity index (χ4v) is 2.31. The molecule has 22 heavy (non-hydrogen) atoms. The average Bonchev–Trinajstić information content (AvgIpc) is 2.53. The molecule has 0 radical (unpaired) electrons. The largest absolute Gasteiger partial charge is 0.488 e. The first-order valence-electron chi connectivity index (χ1n) is 6.84. The summed E-state index contributed by atoms with van der Waals surface area (Å²) in [5.74, 6) is -0.338. The van der Waals surface area contributed by atoms with Gasteiger partial charge in [0.2, 0.25) is 5.91 Å². The molecule has 0 aliphatic heterocycles. The summed E-state index contributed by atoms with van der Waals surface area (Å²) >= 11 is 0. The van der Waals surface area contributed by atoms with Gasteiger partial charge in [-0.05, 0) is 23.6 Å². The lowest BCUT2D eigenvalue weighted by atomic mass is 10.1. The van der Waals surface area contributed by atoms with Gasteiger partial charge < -0.3 is 10.5 Å². The Morgan fingerprint density at radius 1 is 1.05 bits per heavy atom. The van der Waals surface area contributed by atoms with E-state index in [-0.39, 0.29) is 12.4 Å². The Balaban J connectivity index is 1.98. The zero-order valence-corrected chi connectivity index (χ0v) is 11.8. The molecule has 2 N–H and O–H groups in total. The van der Waals surface area contributed by atoms with E-state index in [4.69, 9.17) is 10.5 Å². The van der Waals surface area contributed by atoms with E-state index in [1.165, 1.54) is 6.07 Å². The number of hydrogen-bond donors (Lipinski definition) is 1. The maximum atomic E-state index is 13.7. The Hall–Kier alpha value is -2.88.